The largest absolute Gasteiger partial charge is 0.377 e. The van der Waals surface area contributed by atoms with Crippen LogP contribution in [0.4, 0.5) is 16.3 Å². The Bertz CT molecular complexity index is 994. The molecule has 2 amide bonds. The normalized spacial score (nSPS) is 22.3. The van der Waals surface area contributed by atoms with E-state index >= 15 is 0 Å². The number of hydrogen-bond donors (Lipinski definition) is 2. The molecule has 1 saturated heterocycles. The van der Waals surface area contributed by atoms with E-state index < -0.39 is 5.60 Å². The summed E-state index contributed by atoms with van der Waals surface area (Å²) in [6.45, 7) is 13.2. The van der Waals surface area contributed by atoms with Crippen LogP contribution in [-0.4, -0.2) is 48.3 Å². The number of amides is 2. The minimum Gasteiger partial charge on any atom is -0.377 e. The fourth-order valence-electron chi connectivity index (χ4n) is 4.22. The Balaban J connectivity index is 1.73. The molecule has 0 bridgehead atoms. The Labute approximate surface area is 189 Å². The summed E-state index contributed by atoms with van der Waals surface area (Å²) in [6.07, 6.45) is 2.54. The maximum Gasteiger partial charge on any atom is 0.319 e. The number of nitrogens with one attached hydrogen (secondary N) is 2. The zero-order valence-corrected chi connectivity index (χ0v) is 19.0. The van der Waals surface area contributed by atoms with E-state index in [1.165, 1.54) is 0 Å². The first-order chi connectivity index (χ1) is 15.4. The molecule has 32 heavy (non-hydrogen) atoms. The van der Waals surface area contributed by atoms with Crippen LogP contribution in [0.3, 0.4) is 0 Å². The average Bonchev–Trinajstić information content (AvgIpc) is 3.11. The fraction of sp³-hybridized carbons (Fsp3) is 0.458. The zero-order valence-electron chi connectivity index (χ0n) is 19.0. The number of carbonyl (C=O) groups excluding carboxylic acids is 1. The molecule has 4 rings (SSSR count). The highest BCUT2D eigenvalue weighted by Crippen LogP contribution is 2.43. The number of nitrogens with zero attached hydrogens (tertiary/aromatic N) is 3. The Hall–Kier alpha value is -2.97. The summed E-state index contributed by atoms with van der Waals surface area (Å²) < 4.78 is 11.8. The molecule has 8 heteroatoms. The second kappa shape index (κ2) is 9.26. The van der Waals surface area contributed by atoms with Gasteiger partial charge in [-0.2, -0.15) is 0 Å². The van der Waals surface area contributed by atoms with Crippen LogP contribution in [0.1, 0.15) is 38.4 Å². The van der Waals surface area contributed by atoms with Crippen LogP contribution in [0.15, 0.2) is 36.9 Å². The van der Waals surface area contributed by atoms with Crippen LogP contribution >= 0.6 is 0 Å². The molecule has 1 aromatic carbocycles. The lowest BCUT2D eigenvalue weighted by Crippen LogP contribution is -2.44. The molecule has 1 unspecified atom stereocenters. The van der Waals surface area contributed by atoms with Crippen molar-refractivity contribution in [2.45, 2.75) is 45.4 Å². The molecule has 2 aromatic rings. The number of hydrogen-bond acceptors (Lipinski definition) is 6. The topological polar surface area (TPSA) is 88.6 Å². The molecule has 170 valence electrons. The van der Waals surface area contributed by atoms with Gasteiger partial charge in [-0.25, -0.2) is 14.8 Å². The maximum absolute atomic E-state index is 11.8. The van der Waals surface area contributed by atoms with Gasteiger partial charge in [-0.1, -0.05) is 6.08 Å². The summed E-state index contributed by atoms with van der Waals surface area (Å²) in [4.78, 5) is 24.0. The molecule has 2 aliphatic heterocycles. The van der Waals surface area contributed by atoms with Gasteiger partial charge in [0.15, 0.2) is 5.82 Å². The number of anilines is 2. The quantitative estimate of drug-likeness (QED) is 0.668. The van der Waals surface area contributed by atoms with Crippen LogP contribution in [0.25, 0.3) is 11.4 Å². The van der Waals surface area contributed by atoms with Crippen molar-refractivity contribution in [3.8, 4) is 11.4 Å². The van der Waals surface area contributed by atoms with Crippen molar-refractivity contribution >= 4 is 17.5 Å². The Morgan fingerprint density at radius 2 is 2.12 bits per heavy atom. The Morgan fingerprint density at radius 1 is 1.34 bits per heavy atom. The molecule has 0 radical (unpaired) electrons. The molecule has 1 fully saturated rings. The number of benzene rings is 1. The van der Waals surface area contributed by atoms with Gasteiger partial charge >= 0.3 is 6.03 Å². The van der Waals surface area contributed by atoms with E-state index in [-0.39, 0.29) is 12.1 Å². The van der Waals surface area contributed by atoms with Crippen molar-refractivity contribution in [2.24, 2.45) is 0 Å². The second-order valence-corrected chi connectivity index (χ2v) is 8.39. The lowest BCUT2D eigenvalue weighted by atomic mass is 9.96. The van der Waals surface area contributed by atoms with Crippen LogP contribution < -0.4 is 15.5 Å². The summed E-state index contributed by atoms with van der Waals surface area (Å²) in [7, 11) is 0. The standard InChI is InChI=1S/C24H31N5O3/c1-5-11-24(4)20-19(15-32-24)22(29-12-13-31-14-16(29)3)28-21(27-20)17-7-9-18(10-8-17)26-23(30)25-6-2/h5,7-10,16H,1,6,11-15H2,2-4H3,(H2,25,26,30)/t16?,24-/m0/s1. The number of morpholine rings is 1. The molecule has 1 aromatic heterocycles. The highest BCUT2D eigenvalue weighted by Gasteiger charge is 2.40. The zero-order chi connectivity index (χ0) is 22.7. The van der Waals surface area contributed by atoms with E-state index in [2.05, 4.69) is 36.0 Å². The summed E-state index contributed by atoms with van der Waals surface area (Å²) in [5.41, 5.74) is 3.02. The Morgan fingerprint density at radius 3 is 2.81 bits per heavy atom. The van der Waals surface area contributed by atoms with Gasteiger partial charge in [-0.05, 0) is 51.5 Å². The van der Waals surface area contributed by atoms with Crippen LogP contribution in [0, 0.1) is 0 Å². The van der Waals surface area contributed by atoms with Crippen molar-refractivity contribution in [3.63, 3.8) is 0 Å². The smallest absolute Gasteiger partial charge is 0.319 e. The van der Waals surface area contributed by atoms with Crippen molar-refractivity contribution in [3.05, 3.63) is 48.2 Å². The first kappa shape index (κ1) is 22.2. The maximum atomic E-state index is 11.8. The molecule has 2 N–H and O–H groups in total. The van der Waals surface area contributed by atoms with Crippen LogP contribution in [0.5, 0.6) is 0 Å². The van der Waals surface area contributed by atoms with Gasteiger partial charge in [0.25, 0.3) is 0 Å². The van der Waals surface area contributed by atoms with Gasteiger partial charge in [0.2, 0.25) is 0 Å². The Kier molecular flexibility index (Phi) is 6.43. The summed E-state index contributed by atoms with van der Waals surface area (Å²) in [5, 5.41) is 5.54. The van der Waals surface area contributed by atoms with E-state index in [1.54, 1.807) is 0 Å². The highest BCUT2D eigenvalue weighted by atomic mass is 16.5. The second-order valence-electron chi connectivity index (χ2n) is 8.39. The molecular weight excluding hydrogens is 406 g/mol. The number of urea groups is 1. The van der Waals surface area contributed by atoms with Gasteiger partial charge in [-0.15, -0.1) is 6.58 Å². The van der Waals surface area contributed by atoms with E-state index in [1.807, 2.05) is 37.3 Å². The summed E-state index contributed by atoms with van der Waals surface area (Å²) in [5.74, 6) is 1.56. The third-order valence-corrected chi connectivity index (χ3v) is 5.93. The highest BCUT2D eigenvalue weighted by molar-refractivity contribution is 5.89. The lowest BCUT2D eigenvalue weighted by Gasteiger charge is -2.35. The van der Waals surface area contributed by atoms with E-state index in [4.69, 9.17) is 19.4 Å². The molecule has 0 spiro atoms. The number of aromatic nitrogens is 2. The molecule has 8 nitrogen and oxygen atoms in total. The SMILES string of the molecule is C=CC[C@]1(C)OCc2c(N3CCOCC3C)nc(-c3ccc(NC(=O)NCC)cc3)nc21. The number of ether oxygens (including phenoxy) is 2. The lowest BCUT2D eigenvalue weighted by molar-refractivity contribution is -0.0228. The number of rotatable bonds is 6. The van der Waals surface area contributed by atoms with Crippen LogP contribution in [-0.2, 0) is 21.7 Å². The third-order valence-electron chi connectivity index (χ3n) is 5.93. The van der Waals surface area contributed by atoms with Crippen LogP contribution in [0.2, 0.25) is 0 Å². The predicted molar refractivity (Wildman–Crippen MR) is 125 cm³/mol. The number of fused-ring (bicyclic) bond motifs is 1. The van der Waals surface area contributed by atoms with Crippen molar-refractivity contribution in [1.82, 2.24) is 15.3 Å². The molecule has 0 saturated carbocycles. The molecule has 2 atom stereocenters. The monoisotopic (exact) mass is 437 g/mol. The first-order valence-electron chi connectivity index (χ1n) is 11.1. The van der Waals surface area contributed by atoms with Crippen molar-refractivity contribution in [1.29, 1.82) is 0 Å². The van der Waals surface area contributed by atoms with E-state index in [9.17, 15) is 4.79 Å². The van der Waals surface area contributed by atoms with Gasteiger partial charge in [0, 0.05) is 29.9 Å². The predicted octanol–water partition coefficient (Wildman–Crippen LogP) is 3.83. The summed E-state index contributed by atoms with van der Waals surface area (Å²) in [6, 6.07) is 7.56. The van der Waals surface area contributed by atoms with Gasteiger partial charge in [-0.3, -0.25) is 0 Å². The van der Waals surface area contributed by atoms with E-state index in [0.717, 1.165) is 29.2 Å². The first-order valence-corrected chi connectivity index (χ1v) is 11.1. The van der Waals surface area contributed by atoms with Gasteiger partial charge in [0.1, 0.15) is 11.4 Å². The molecule has 3 heterocycles. The summed E-state index contributed by atoms with van der Waals surface area (Å²) >= 11 is 0. The van der Waals surface area contributed by atoms with Gasteiger partial charge < -0.3 is 25.0 Å². The minimum absolute atomic E-state index is 0.213. The van der Waals surface area contributed by atoms with Crippen molar-refractivity contribution in [2.75, 3.05) is 36.5 Å². The average molecular weight is 438 g/mol. The molecular formula is C24H31N5O3. The van der Waals surface area contributed by atoms with E-state index in [0.29, 0.717) is 44.3 Å². The molecule has 2 aliphatic rings. The fourth-order valence-corrected chi connectivity index (χ4v) is 4.22. The van der Waals surface area contributed by atoms with Crippen molar-refractivity contribution < 1.29 is 14.3 Å². The van der Waals surface area contributed by atoms with Gasteiger partial charge in [0.05, 0.1) is 31.6 Å². The minimum atomic E-state index is -0.529. The number of carbonyl (C=O) groups is 1. The molecule has 0 aliphatic carbocycles. The third kappa shape index (κ3) is 4.33.